The Morgan fingerprint density at radius 2 is 2.14 bits per heavy atom. The molecule has 14 heavy (non-hydrogen) atoms. The summed E-state index contributed by atoms with van der Waals surface area (Å²) in [6, 6.07) is 2.73. The van der Waals surface area contributed by atoms with Crippen molar-refractivity contribution < 1.29 is 19.9 Å². The van der Waals surface area contributed by atoms with Crippen molar-refractivity contribution in [3.63, 3.8) is 0 Å². The molecule has 0 saturated carbocycles. The topological polar surface area (TPSA) is 117 Å². The highest BCUT2D eigenvalue weighted by atomic mass is 16.4. The van der Waals surface area contributed by atoms with Gasteiger partial charge in [-0.3, -0.25) is 4.79 Å². The molecule has 6 nitrogen and oxygen atoms in total. The van der Waals surface area contributed by atoms with Gasteiger partial charge >= 0.3 is 13.1 Å². The van der Waals surface area contributed by atoms with Crippen LogP contribution in [0.1, 0.15) is 5.69 Å². The van der Waals surface area contributed by atoms with E-state index in [1.54, 1.807) is 0 Å². The number of carbonyl (C=O) groups is 1. The molecular formula is C7H9BN2O4. The molecule has 0 aliphatic carbocycles. The summed E-state index contributed by atoms with van der Waals surface area (Å²) in [6.07, 6.45) is -0.244. The number of nitrogen functional groups attached to an aromatic ring is 1. The Bertz CT molecular complexity index is 356. The van der Waals surface area contributed by atoms with Gasteiger partial charge in [-0.15, -0.1) is 0 Å². The highest BCUT2D eigenvalue weighted by Crippen LogP contribution is 2.00. The van der Waals surface area contributed by atoms with Gasteiger partial charge in [0.05, 0.1) is 12.1 Å². The summed E-state index contributed by atoms with van der Waals surface area (Å²) in [5.74, 6) is -1.09. The Balaban J connectivity index is 2.94. The molecule has 0 fully saturated rings. The predicted molar refractivity (Wildman–Crippen MR) is 49.8 cm³/mol. The van der Waals surface area contributed by atoms with E-state index >= 15 is 0 Å². The van der Waals surface area contributed by atoms with E-state index in [1.165, 1.54) is 12.1 Å². The first kappa shape index (κ1) is 10.5. The molecule has 1 aromatic rings. The maximum Gasteiger partial charge on any atom is 0.492 e. The Kier molecular flexibility index (Phi) is 3.05. The minimum Gasteiger partial charge on any atom is -0.481 e. The van der Waals surface area contributed by atoms with Crippen molar-refractivity contribution in [3.8, 4) is 0 Å². The third-order valence-corrected chi connectivity index (χ3v) is 1.63. The van der Waals surface area contributed by atoms with Crippen LogP contribution in [0.2, 0.25) is 0 Å². The molecule has 0 radical (unpaired) electrons. The molecular weight excluding hydrogens is 187 g/mol. The molecule has 1 aromatic heterocycles. The number of nitrogens with zero attached hydrogens (tertiary/aromatic N) is 1. The van der Waals surface area contributed by atoms with E-state index in [-0.39, 0.29) is 23.4 Å². The van der Waals surface area contributed by atoms with Crippen LogP contribution in [0, 0.1) is 0 Å². The second-order valence-electron chi connectivity index (χ2n) is 2.72. The second kappa shape index (κ2) is 4.08. The lowest BCUT2D eigenvalue weighted by atomic mass is 9.80. The molecule has 0 spiro atoms. The minimum atomic E-state index is -1.69. The van der Waals surface area contributed by atoms with Crippen molar-refractivity contribution in [1.82, 2.24) is 4.98 Å². The van der Waals surface area contributed by atoms with E-state index < -0.39 is 13.1 Å². The van der Waals surface area contributed by atoms with Crippen LogP contribution in [0.5, 0.6) is 0 Å². The van der Waals surface area contributed by atoms with E-state index in [9.17, 15) is 4.79 Å². The Labute approximate surface area is 80.2 Å². The predicted octanol–water partition coefficient (Wildman–Crippen LogP) is -2.03. The van der Waals surface area contributed by atoms with Gasteiger partial charge in [-0.05, 0) is 6.07 Å². The van der Waals surface area contributed by atoms with Crippen LogP contribution in [0.4, 0.5) is 5.82 Å². The molecule has 0 unspecified atom stereocenters. The van der Waals surface area contributed by atoms with Crippen LogP contribution in [0.25, 0.3) is 0 Å². The van der Waals surface area contributed by atoms with Crippen LogP contribution in [-0.4, -0.2) is 33.2 Å². The summed E-state index contributed by atoms with van der Waals surface area (Å²) in [5.41, 5.74) is 5.72. The lowest BCUT2D eigenvalue weighted by Gasteiger charge is -2.04. The average molecular weight is 196 g/mol. The number of hydrogen-bond acceptors (Lipinski definition) is 5. The van der Waals surface area contributed by atoms with E-state index in [0.29, 0.717) is 0 Å². The van der Waals surface area contributed by atoms with Crippen LogP contribution in [-0.2, 0) is 11.2 Å². The first-order valence-electron chi connectivity index (χ1n) is 3.84. The highest BCUT2D eigenvalue weighted by molar-refractivity contribution is 6.60. The molecule has 0 aliphatic heterocycles. The first-order chi connectivity index (χ1) is 6.50. The van der Waals surface area contributed by atoms with E-state index in [4.69, 9.17) is 20.9 Å². The zero-order chi connectivity index (χ0) is 10.7. The van der Waals surface area contributed by atoms with E-state index in [0.717, 1.165) is 0 Å². The second-order valence-corrected chi connectivity index (χ2v) is 2.72. The van der Waals surface area contributed by atoms with Crippen LogP contribution >= 0.6 is 0 Å². The number of carboxylic acid groups (broad SMARTS) is 1. The number of hydrogen-bond donors (Lipinski definition) is 4. The maximum atomic E-state index is 10.3. The number of aromatic nitrogens is 1. The largest absolute Gasteiger partial charge is 0.492 e. The molecule has 0 amide bonds. The van der Waals surface area contributed by atoms with Crippen molar-refractivity contribution in [3.05, 3.63) is 17.8 Å². The fourth-order valence-electron chi connectivity index (χ4n) is 1.000. The molecule has 0 aromatic carbocycles. The molecule has 74 valence electrons. The first-order valence-corrected chi connectivity index (χ1v) is 3.84. The van der Waals surface area contributed by atoms with Crippen molar-refractivity contribution >= 4 is 24.4 Å². The Hall–Kier alpha value is -1.60. The SMILES string of the molecule is Nc1nc(CC(=O)O)ccc1B(O)O. The van der Waals surface area contributed by atoms with Crippen molar-refractivity contribution in [2.45, 2.75) is 6.42 Å². The normalized spacial score (nSPS) is 9.86. The smallest absolute Gasteiger partial charge is 0.481 e. The Morgan fingerprint density at radius 3 is 2.57 bits per heavy atom. The number of nitrogens with two attached hydrogens (primary N) is 1. The molecule has 0 atom stereocenters. The number of anilines is 1. The van der Waals surface area contributed by atoms with Gasteiger partial charge in [-0.25, -0.2) is 4.98 Å². The zero-order valence-corrected chi connectivity index (χ0v) is 7.21. The summed E-state index contributed by atoms with van der Waals surface area (Å²) in [5, 5.41) is 26.0. The molecule has 5 N–H and O–H groups in total. The van der Waals surface area contributed by atoms with Crippen molar-refractivity contribution in [2.75, 3.05) is 5.73 Å². The van der Waals surface area contributed by atoms with Gasteiger partial charge in [0.25, 0.3) is 0 Å². The summed E-state index contributed by atoms with van der Waals surface area (Å²) < 4.78 is 0. The molecule has 0 bridgehead atoms. The summed E-state index contributed by atoms with van der Waals surface area (Å²) >= 11 is 0. The highest BCUT2D eigenvalue weighted by Gasteiger charge is 2.16. The minimum absolute atomic E-state index is 0.0686. The molecule has 1 heterocycles. The van der Waals surface area contributed by atoms with Gasteiger partial charge in [0.2, 0.25) is 0 Å². The number of pyridine rings is 1. The monoisotopic (exact) mass is 196 g/mol. The van der Waals surface area contributed by atoms with Crippen molar-refractivity contribution in [1.29, 1.82) is 0 Å². The number of carboxylic acids is 1. The molecule has 7 heteroatoms. The van der Waals surface area contributed by atoms with Crippen molar-refractivity contribution in [2.24, 2.45) is 0 Å². The van der Waals surface area contributed by atoms with E-state index in [1.807, 2.05) is 0 Å². The van der Waals surface area contributed by atoms with E-state index in [2.05, 4.69) is 4.98 Å². The third kappa shape index (κ3) is 2.44. The molecule has 0 aliphatic rings. The fourth-order valence-corrected chi connectivity index (χ4v) is 1.000. The van der Waals surface area contributed by atoms with Gasteiger partial charge in [0.1, 0.15) is 5.82 Å². The van der Waals surface area contributed by atoms with Gasteiger partial charge in [-0.2, -0.15) is 0 Å². The molecule has 1 rings (SSSR count). The summed E-state index contributed by atoms with van der Waals surface area (Å²) in [6.45, 7) is 0. The quantitative estimate of drug-likeness (QED) is 0.414. The lowest BCUT2D eigenvalue weighted by molar-refractivity contribution is -0.136. The fraction of sp³-hybridized carbons (Fsp3) is 0.143. The number of aliphatic carboxylic acids is 1. The average Bonchev–Trinajstić information content (AvgIpc) is 2.01. The molecule has 0 saturated heterocycles. The zero-order valence-electron chi connectivity index (χ0n) is 7.21. The van der Waals surface area contributed by atoms with Gasteiger partial charge < -0.3 is 20.9 Å². The standard InChI is InChI=1S/C7H9BN2O4/c9-7-5(8(13)14)2-1-4(10-7)3-6(11)12/h1-2,13-14H,3H2,(H2,9,10)(H,11,12). The number of rotatable bonds is 3. The van der Waals surface area contributed by atoms with Gasteiger partial charge in [-0.1, -0.05) is 6.07 Å². The third-order valence-electron chi connectivity index (χ3n) is 1.63. The van der Waals surface area contributed by atoms with Crippen LogP contribution in [0.3, 0.4) is 0 Å². The van der Waals surface area contributed by atoms with Gasteiger partial charge in [0, 0.05) is 5.46 Å². The lowest BCUT2D eigenvalue weighted by Crippen LogP contribution is -2.33. The Morgan fingerprint density at radius 1 is 1.50 bits per heavy atom. The maximum absolute atomic E-state index is 10.3. The van der Waals surface area contributed by atoms with Crippen LogP contribution < -0.4 is 11.2 Å². The van der Waals surface area contributed by atoms with Gasteiger partial charge in [0.15, 0.2) is 0 Å². The summed E-state index contributed by atoms with van der Waals surface area (Å²) in [7, 11) is -1.69. The summed E-state index contributed by atoms with van der Waals surface area (Å²) in [4.78, 5) is 14.0. The van der Waals surface area contributed by atoms with Crippen LogP contribution in [0.15, 0.2) is 12.1 Å².